The molecule has 0 spiro atoms. The van der Waals surface area contributed by atoms with E-state index in [1.807, 2.05) is 6.07 Å². The molecule has 1 aromatic heterocycles. The van der Waals surface area contributed by atoms with Crippen LogP contribution in [0.2, 0.25) is 0 Å². The average Bonchev–Trinajstić information content (AvgIpc) is 3.43. The molecule has 0 radical (unpaired) electrons. The van der Waals surface area contributed by atoms with Crippen molar-refractivity contribution < 1.29 is 29.6 Å². The topological polar surface area (TPSA) is 142 Å². The van der Waals surface area contributed by atoms with Crippen LogP contribution in [0.25, 0.3) is 11.3 Å². The van der Waals surface area contributed by atoms with Gasteiger partial charge in [-0.2, -0.15) is 0 Å². The van der Waals surface area contributed by atoms with Crippen molar-refractivity contribution in [2.45, 2.75) is 43.8 Å². The summed E-state index contributed by atoms with van der Waals surface area (Å²) in [5, 5.41) is 40.8. The van der Waals surface area contributed by atoms with Gasteiger partial charge in [-0.1, -0.05) is 23.8 Å². The van der Waals surface area contributed by atoms with Crippen LogP contribution in [0, 0.1) is 0 Å². The van der Waals surface area contributed by atoms with Gasteiger partial charge in [-0.15, -0.1) is 5.10 Å². The average molecular weight is 524 g/mol. The Morgan fingerprint density at radius 2 is 1.84 bits per heavy atom. The van der Waals surface area contributed by atoms with Crippen LogP contribution >= 0.6 is 0 Å². The van der Waals surface area contributed by atoms with Gasteiger partial charge in [-0.25, -0.2) is 4.68 Å². The van der Waals surface area contributed by atoms with Crippen LogP contribution in [0.1, 0.15) is 35.8 Å². The van der Waals surface area contributed by atoms with Gasteiger partial charge in [0.15, 0.2) is 6.23 Å². The second-order valence-electron chi connectivity index (χ2n) is 9.67. The number of carbonyl (C=O) groups excluding carboxylic acids is 1. The second-order valence-corrected chi connectivity index (χ2v) is 9.67. The lowest BCUT2D eigenvalue weighted by Crippen LogP contribution is -2.50. The van der Waals surface area contributed by atoms with E-state index >= 15 is 0 Å². The number of rotatable bonds is 8. The predicted molar refractivity (Wildman–Crippen MR) is 139 cm³/mol. The number of piperidine rings is 1. The number of anilines is 1. The van der Waals surface area contributed by atoms with Crippen LogP contribution in [0.4, 0.5) is 5.69 Å². The summed E-state index contributed by atoms with van der Waals surface area (Å²) in [6, 6.07) is 14.2. The number of benzene rings is 2. The highest BCUT2D eigenvalue weighted by Crippen LogP contribution is 2.26. The molecule has 11 heteroatoms. The van der Waals surface area contributed by atoms with Crippen LogP contribution < -0.4 is 10.1 Å². The number of ether oxygens (including phenoxy) is 2. The van der Waals surface area contributed by atoms with Gasteiger partial charge in [0.1, 0.15) is 36.4 Å². The predicted octanol–water partition coefficient (Wildman–Crippen LogP) is 1.67. The second kappa shape index (κ2) is 12.0. The van der Waals surface area contributed by atoms with Crippen LogP contribution in [0.15, 0.2) is 54.7 Å². The van der Waals surface area contributed by atoms with Crippen LogP contribution in [-0.2, 0) is 4.74 Å². The first-order valence-corrected chi connectivity index (χ1v) is 12.9. The van der Waals surface area contributed by atoms with Crippen molar-refractivity contribution in [2.75, 3.05) is 38.2 Å². The molecule has 2 aliphatic rings. The molecule has 2 fully saturated rings. The molecule has 0 aliphatic carbocycles. The van der Waals surface area contributed by atoms with Crippen molar-refractivity contribution in [3.05, 3.63) is 60.3 Å². The van der Waals surface area contributed by atoms with Gasteiger partial charge in [-0.3, -0.25) is 9.69 Å². The highest BCUT2D eigenvalue weighted by atomic mass is 16.5. The molecular weight excluding hydrogens is 490 g/mol. The zero-order valence-electron chi connectivity index (χ0n) is 21.0. The molecule has 0 bridgehead atoms. The molecule has 11 nitrogen and oxygen atoms in total. The van der Waals surface area contributed by atoms with Crippen LogP contribution in [0.5, 0.6) is 5.75 Å². The molecule has 0 unspecified atom stereocenters. The molecule has 2 saturated heterocycles. The lowest BCUT2D eigenvalue weighted by molar-refractivity contribution is -0.214. The lowest BCUT2D eigenvalue weighted by atomic mass is 10.0. The summed E-state index contributed by atoms with van der Waals surface area (Å²) in [6.07, 6.45) is 0.541. The van der Waals surface area contributed by atoms with E-state index in [1.54, 1.807) is 48.7 Å². The summed E-state index contributed by atoms with van der Waals surface area (Å²) in [5.41, 5.74) is 2.27. The van der Waals surface area contributed by atoms with Gasteiger partial charge in [0.2, 0.25) is 0 Å². The third kappa shape index (κ3) is 6.20. The monoisotopic (exact) mass is 523 g/mol. The fourth-order valence-corrected chi connectivity index (χ4v) is 4.69. The molecule has 2 aliphatic heterocycles. The first-order valence-electron chi connectivity index (χ1n) is 12.9. The summed E-state index contributed by atoms with van der Waals surface area (Å²) < 4.78 is 12.6. The number of likely N-dealkylation sites (tertiary alicyclic amines) is 1. The Bertz CT molecular complexity index is 1210. The van der Waals surface area contributed by atoms with Crippen LogP contribution in [-0.4, -0.2) is 92.3 Å². The van der Waals surface area contributed by atoms with Gasteiger partial charge >= 0.3 is 0 Å². The van der Waals surface area contributed by atoms with E-state index in [0.717, 1.165) is 25.4 Å². The maximum absolute atomic E-state index is 12.8. The maximum atomic E-state index is 12.8. The standard InChI is InChI=1S/C27H33N5O6/c33-23-17-38-27(25(35)24(23)34)32-16-22(29-30-32)19-5-4-6-20(15-19)28-26(36)18-7-9-21(10-8-18)37-14-13-31-11-2-1-3-12-31/h4-10,15-16,23-25,27,33-35H,1-3,11-14,17H2,(H,28,36)/t23-,24+,25-,27-/m1/s1. The summed E-state index contributed by atoms with van der Waals surface area (Å²) in [4.78, 5) is 15.2. The molecule has 5 rings (SSSR count). The first-order chi connectivity index (χ1) is 18.5. The molecular formula is C27H33N5O6. The molecule has 0 saturated carbocycles. The molecule has 38 heavy (non-hydrogen) atoms. The van der Waals surface area contributed by atoms with E-state index in [4.69, 9.17) is 9.47 Å². The number of nitrogens with zero attached hydrogens (tertiary/aromatic N) is 4. The van der Waals surface area contributed by atoms with Crippen molar-refractivity contribution in [3.8, 4) is 17.0 Å². The fourth-order valence-electron chi connectivity index (χ4n) is 4.69. The normalized spacial score (nSPS) is 24.2. The first kappa shape index (κ1) is 26.3. The Kier molecular flexibility index (Phi) is 8.30. The minimum atomic E-state index is -1.36. The van der Waals surface area contributed by atoms with Gasteiger partial charge in [0.05, 0.1) is 12.8 Å². The van der Waals surface area contributed by atoms with Crippen molar-refractivity contribution in [2.24, 2.45) is 0 Å². The van der Waals surface area contributed by atoms with E-state index in [2.05, 4.69) is 20.5 Å². The Morgan fingerprint density at radius 1 is 1.05 bits per heavy atom. The van der Waals surface area contributed by atoms with Crippen LogP contribution in [0.3, 0.4) is 0 Å². The molecule has 202 valence electrons. The van der Waals surface area contributed by atoms with E-state index in [1.165, 1.54) is 23.9 Å². The third-order valence-corrected chi connectivity index (χ3v) is 6.90. The number of aromatic nitrogens is 3. The number of amides is 1. The number of aliphatic hydroxyl groups excluding tert-OH is 3. The quantitative estimate of drug-likeness (QED) is 0.347. The molecule has 4 atom stereocenters. The van der Waals surface area contributed by atoms with Crippen molar-refractivity contribution in [3.63, 3.8) is 0 Å². The zero-order valence-corrected chi connectivity index (χ0v) is 21.0. The highest BCUT2D eigenvalue weighted by Gasteiger charge is 2.39. The Hall–Kier alpha value is -3.35. The zero-order chi connectivity index (χ0) is 26.5. The Balaban J connectivity index is 1.17. The number of carbonyl (C=O) groups is 1. The van der Waals surface area contributed by atoms with Gasteiger partial charge in [-0.05, 0) is 62.3 Å². The van der Waals surface area contributed by atoms with Crippen molar-refractivity contribution in [1.82, 2.24) is 19.9 Å². The molecule has 3 aromatic rings. The number of hydrogen-bond donors (Lipinski definition) is 4. The lowest BCUT2D eigenvalue weighted by Gasteiger charge is -2.34. The minimum absolute atomic E-state index is 0.134. The van der Waals surface area contributed by atoms with Crippen molar-refractivity contribution in [1.29, 1.82) is 0 Å². The smallest absolute Gasteiger partial charge is 0.255 e. The van der Waals surface area contributed by atoms with Crippen molar-refractivity contribution >= 4 is 11.6 Å². The summed E-state index contributed by atoms with van der Waals surface area (Å²) in [7, 11) is 0. The van der Waals surface area contributed by atoms with Gasteiger partial charge in [0.25, 0.3) is 5.91 Å². The fraction of sp³-hybridized carbons (Fsp3) is 0.444. The Morgan fingerprint density at radius 3 is 2.63 bits per heavy atom. The summed E-state index contributed by atoms with van der Waals surface area (Å²) in [5.74, 6) is 0.481. The molecule has 4 N–H and O–H groups in total. The minimum Gasteiger partial charge on any atom is -0.492 e. The summed E-state index contributed by atoms with van der Waals surface area (Å²) in [6.45, 7) is 3.67. The summed E-state index contributed by atoms with van der Waals surface area (Å²) >= 11 is 0. The van der Waals surface area contributed by atoms with E-state index in [9.17, 15) is 20.1 Å². The number of nitrogens with one attached hydrogen (secondary N) is 1. The van der Waals surface area contributed by atoms with Gasteiger partial charge < -0.3 is 30.1 Å². The number of aliphatic hydroxyl groups is 3. The van der Waals surface area contributed by atoms with E-state index < -0.39 is 24.5 Å². The third-order valence-electron chi connectivity index (χ3n) is 6.90. The van der Waals surface area contributed by atoms with E-state index in [-0.39, 0.29) is 12.5 Å². The Labute approximate surface area is 220 Å². The number of hydrogen-bond acceptors (Lipinski definition) is 9. The van der Waals surface area contributed by atoms with Gasteiger partial charge in [0, 0.05) is 23.4 Å². The highest BCUT2D eigenvalue weighted by molar-refractivity contribution is 6.04. The molecule has 2 aromatic carbocycles. The van der Waals surface area contributed by atoms with E-state index in [0.29, 0.717) is 29.1 Å². The molecule has 3 heterocycles. The molecule has 1 amide bonds. The largest absolute Gasteiger partial charge is 0.492 e. The maximum Gasteiger partial charge on any atom is 0.255 e. The SMILES string of the molecule is O=C(Nc1cccc(-c2cn([C@@H]3OC[C@@H](O)[C@H](O)[C@H]3O)nn2)c1)c1ccc(OCCN2CCCCC2)cc1.